The maximum Gasteiger partial charge on any atom is 0.257 e. The lowest BCUT2D eigenvalue weighted by molar-refractivity contribution is 0.704. The molecule has 3 heterocycles. The van der Waals surface area contributed by atoms with Crippen LogP contribution in [-0.4, -0.2) is 37.3 Å². The number of nitrogen functional groups attached to an aromatic ring is 1. The Kier molecular flexibility index (Phi) is 3.00. The summed E-state index contributed by atoms with van der Waals surface area (Å²) >= 11 is 0. The van der Waals surface area contributed by atoms with E-state index in [0.717, 1.165) is 19.4 Å². The molecule has 0 bridgehead atoms. The fourth-order valence-corrected chi connectivity index (χ4v) is 2.27. The summed E-state index contributed by atoms with van der Waals surface area (Å²) in [5.74, 6) is 6.86. The predicted octanol–water partition coefficient (Wildman–Crippen LogP) is 0.332. The minimum atomic E-state index is 0.342. The molecule has 1 saturated heterocycles. The first kappa shape index (κ1) is 11.8. The van der Waals surface area contributed by atoms with Gasteiger partial charge in [0.05, 0.1) is 0 Å². The van der Waals surface area contributed by atoms with E-state index >= 15 is 0 Å². The molecule has 0 saturated carbocycles. The summed E-state index contributed by atoms with van der Waals surface area (Å²) in [5.41, 5.74) is 2.48. The lowest BCUT2D eigenvalue weighted by Crippen LogP contribution is -2.29. The van der Waals surface area contributed by atoms with Gasteiger partial charge in [0.1, 0.15) is 0 Å². The van der Waals surface area contributed by atoms with Gasteiger partial charge in [-0.1, -0.05) is 0 Å². The smallest absolute Gasteiger partial charge is 0.257 e. The second-order valence-electron chi connectivity index (χ2n) is 4.54. The molecule has 1 atom stereocenters. The lowest BCUT2D eigenvalue weighted by Gasteiger charge is -2.21. The molecule has 100 valence electrons. The van der Waals surface area contributed by atoms with Crippen LogP contribution in [0.1, 0.15) is 19.8 Å². The summed E-state index contributed by atoms with van der Waals surface area (Å²) in [6, 6.07) is 2.25. The van der Waals surface area contributed by atoms with E-state index in [2.05, 4.69) is 37.3 Å². The zero-order valence-corrected chi connectivity index (χ0v) is 10.7. The average molecular weight is 260 g/mol. The van der Waals surface area contributed by atoms with Gasteiger partial charge in [0.15, 0.2) is 0 Å². The molecule has 1 aliphatic heterocycles. The molecule has 19 heavy (non-hydrogen) atoms. The highest BCUT2D eigenvalue weighted by Gasteiger charge is 2.24. The van der Waals surface area contributed by atoms with E-state index < -0.39 is 0 Å². The molecule has 3 N–H and O–H groups in total. The Labute approximate surface area is 110 Å². The molecule has 3 rings (SSSR count). The van der Waals surface area contributed by atoms with Crippen molar-refractivity contribution in [2.75, 3.05) is 16.9 Å². The fraction of sp³-hybridized carbons (Fsp3) is 0.455. The number of nitrogens with two attached hydrogens (primary N) is 1. The minimum Gasteiger partial charge on any atom is -0.338 e. The summed E-state index contributed by atoms with van der Waals surface area (Å²) in [7, 11) is 0. The van der Waals surface area contributed by atoms with Gasteiger partial charge in [-0.2, -0.15) is 20.1 Å². The van der Waals surface area contributed by atoms with Crippen LogP contribution in [0.5, 0.6) is 0 Å². The number of nitrogens with one attached hydrogen (secondary N) is 1. The Bertz CT molecular complexity index is 552. The van der Waals surface area contributed by atoms with Gasteiger partial charge in [-0.05, 0) is 25.8 Å². The van der Waals surface area contributed by atoms with E-state index in [9.17, 15) is 0 Å². The van der Waals surface area contributed by atoms with Crippen LogP contribution in [0.3, 0.4) is 0 Å². The van der Waals surface area contributed by atoms with E-state index in [1.54, 1.807) is 17.1 Å². The SMILES string of the molecule is CC1CCCN1c1nc(NN)nc(-n2cccn2)n1. The van der Waals surface area contributed by atoms with Crippen molar-refractivity contribution >= 4 is 11.9 Å². The van der Waals surface area contributed by atoms with Gasteiger partial charge in [-0.3, -0.25) is 5.43 Å². The van der Waals surface area contributed by atoms with Crippen molar-refractivity contribution in [3.63, 3.8) is 0 Å². The number of rotatable bonds is 3. The fourth-order valence-electron chi connectivity index (χ4n) is 2.27. The molecule has 2 aromatic heterocycles. The third-order valence-corrected chi connectivity index (χ3v) is 3.26. The standard InChI is InChI=1S/C11H16N8/c1-8-4-2-6-18(8)10-14-9(17-12)15-11(16-10)19-7-3-5-13-19/h3,5,7-8H,2,4,6,12H2,1H3,(H,14,15,16,17). The van der Waals surface area contributed by atoms with Crippen LogP contribution < -0.4 is 16.2 Å². The van der Waals surface area contributed by atoms with Crippen LogP contribution in [0, 0.1) is 0 Å². The maximum absolute atomic E-state index is 5.42. The molecule has 0 radical (unpaired) electrons. The average Bonchev–Trinajstić information content (AvgIpc) is 3.09. The third kappa shape index (κ3) is 2.22. The zero-order valence-electron chi connectivity index (χ0n) is 10.7. The second-order valence-corrected chi connectivity index (χ2v) is 4.54. The molecule has 1 aliphatic rings. The molecule has 0 spiro atoms. The van der Waals surface area contributed by atoms with Crippen molar-refractivity contribution in [2.45, 2.75) is 25.8 Å². The van der Waals surface area contributed by atoms with Crippen LogP contribution >= 0.6 is 0 Å². The van der Waals surface area contributed by atoms with Gasteiger partial charge in [0, 0.05) is 25.0 Å². The van der Waals surface area contributed by atoms with Crippen LogP contribution in [0.15, 0.2) is 18.5 Å². The van der Waals surface area contributed by atoms with E-state index in [4.69, 9.17) is 5.84 Å². The first-order valence-electron chi connectivity index (χ1n) is 6.27. The van der Waals surface area contributed by atoms with Crippen LogP contribution in [0.4, 0.5) is 11.9 Å². The Balaban J connectivity index is 2.02. The van der Waals surface area contributed by atoms with Crippen molar-refractivity contribution < 1.29 is 0 Å². The molecular formula is C11H16N8. The van der Waals surface area contributed by atoms with Crippen LogP contribution in [0.2, 0.25) is 0 Å². The molecule has 1 fully saturated rings. The minimum absolute atomic E-state index is 0.342. The number of nitrogens with zero attached hydrogens (tertiary/aromatic N) is 6. The van der Waals surface area contributed by atoms with Crippen molar-refractivity contribution in [2.24, 2.45) is 5.84 Å². The van der Waals surface area contributed by atoms with Crippen LogP contribution in [-0.2, 0) is 0 Å². The van der Waals surface area contributed by atoms with Crippen LogP contribution in [0.25, 0.3) is 5.95 Å². The van der Waals surface area contributed by atoms with Crippen molar-refractivity contribution in [1.82, 2.24) is 24.7 Å². The summed E-state index contributed by atoms with van der Waals surface area (Å²) in [6.07, 6.45) is 5.76. The maximum atomic E-state index is 5.42. The summed E-state index contributed by atoms with van der Waals surface area (Å²) in [6.45, 7) is 3.12. The summed E-state index contributed by atoms with van der Waals surface area (Å²) in [4.78, 5) is 15.2. The highest BCUT2D eigenvalue weighted by atomic mass is 15.4. The van der Waals surface area contributed by atoms with E-state index in [1.807, 2.05) is 6.07 Å². The number of aromatic nitrogens is 5. The quantitative estimate of drug-likeness (QED) is 0.606. The molecule has 0 aromatic carbocycles. The topological polar surface area (TPSA) is 97.8 Å². The first-order chi connectivity index (χ1) is 9.28. The normalized spacial score (nSPS) is 18.8. The van der Waals surface area contributed by atoms with Gasteiger partial charge in [-0.15, -0.1) is 0 Å². The highest BCUT2D eigenvalue weighted by molar-refractivity contribution is 5.41. The highest BCUT2D eigenvalue weighted by Crippen LogP contribution is 2.23. The summed E-state index contributed by atoms with van der Waals surface area (Å²) < 4.78 is 1.59. The Morgan fingerprint density at radius 3 is 2.79 bits per heavy atom. The van der Waals surface area contributed by atoms with E-state index in [-0.39, 0.29) is 0 Å². The monoisotopic (exact) mass is 260 g/mol. The third-order valence-electron chi connectivity index (χ3n) is 3.26. The molecule has 0 aliphatic carbocycles. The Hall–Kier alpha value is -2.22. The molecule has 8 heteroatoms. The van der Waals surface area contributed by atoms with Crippen molar-refractivity contribution in [3.05, 3.63) is 18.5 Å². The van der Waals surface area contributed by atoms with Gasteiger partial charge >= 0.3 is 0 Å². The van der Waals surface area contributed by atoms with Gasteiger partial charge in [0.25, 0.3) is 5.95 Å². The van der Waals surface area contributed by atoms with Crippen molar-refractivity contribution in [3.8, 4) is 5.95 Å². The molecular weight excluding hydrogens is 244 g/mol. The van der Waals surface area contributed by atoms with Crippen molar-refractivity contribution in [1.29, 1.82) is 0 Å². The van der Waals surface area contributed by atoms with E-state index in [1.165, 1.54) is 0 Å². The number of anilines is 2. The van der Waals surface area contributed by atoms with Gasteiger partial charge in [0.2, 0.25) is 11.9 Å². The number of hydrogen-bond donors (Lipinski definition) is 2. The molecule has 1 unspecified atom stereocenters. The van der Waals surface area contributed by atoms with Gasteiger partial charge < -0.3 is 4.90 Å². The lowest BCUT2D eigenvalue weighted by atomic mass is 10.2. The molecule has 0 amide bonds. The first-order valence-corrected chi connectivity index (χ1v) is 6.27. The molecule has 8 nitrogen and oxygen atoms in total. The number of hydrogen-bond acceptors (Lipinski definition) is 7. The summed E-state index contributed by atoms with van der Waals surface area (Å²) in [5, 5.41) is 4.13. The Morgan fingerprint density at radius 1 is 1.32 bits per heavy atom. The molecule has 2 aromatic rings. The largest absolute Gasteiger partial charge is 0.338 e. The predicted molar refractivity (Wildman–Crippen MR) is 70.8 cm³/mol. The number of hydrazine groups is 1. The Morgan fingerprint density at radius 2 is 2.16 bits per heavy atom. The van der Waals surface area contributed by atoms with Gasteiger partial charge in [-0.25, -0.2) is 10.5 Å². The second kappa shape index (κ2) is 4.81. The zero-order chi connectivity index (χ0) is 13.2. The van der Waals surface area contributed by atoms with E-state index in [0.29, 0.717) is 23.9 Å².